The van der Waals surface area contributed by atoms with Crippen LogP contribution in [0.1, 0.15) is 37.3 Å². The van der Waals surface area contributed by atoms with Gasteiger partial charge in [-0.05, 0) is 50.5 Å². The van der Waals surface area contributed by atoms with Crippen LogP contribution in [0.3, 0.4) is 0 Å². The number of ether oxygens (including phenoxy) is 4. The van der Waals surface area contributed by atoms with Gasteiger partial charge in [-0.3, -0.25) is 4.18 Å². The van der Waals surface area contributed by atoms with Gasteiger partial charge in [0, 0.05) is 6.42 Å². The summed E-state index contributed by atoms with van der Waals surface area (Å²) in [5.74, 6) is 0. The van der Waals surface area contributed by atoms with E-state index in [1.54, 1.807) is 6.92 Å². The molecule has 43 heavy (non-hydrogen) atoms. The minimum Gasteiger partial charge on any atom is -0.410 e. The van der Waals surface area contributed by atoms with E-state index in [2.05, 4.69) is 4.18 Å². The van der Waals surface area contributed by atoms with Crippen LogP contribution < -0.4 is 0 Å². The number of alkyl halides is 3. The molecule has 2 aliphatic heterocycles. The Hall–Kier alpha value is -1.84. The Morgan fingerprint density at radius 3 is 2.09 bits per heavy atom. The normalized spacial score (nSPS) is 28.7. The van der Waals surface area contributed by atoms with Gasteiger partial charge in [-0.2, -0.15) is 21.6 Å². The minimum atomic E-state index is -5.82. The highest BCUT2D eigenvalue weighted by atomic mass is 32.2. The van der Waals surface area contributed by atoms with E-state index in [0.29, 0.717) is 32.5 Å². The van der Waals surface area contributed by atoms with E-state index < -0.39 is 66.7 Å². The van der Waals surface area contributed by atoms with Crippen LogP contribution in [0.5, 0.6) is 0 Å². The van der Waals surface area contributed by atoms with Crippen LogP contribution in [0.15, 0.2) is 60.7 Å². The van der Waals surface area contributed by atoms with Crippen molar-refractivity contribution >= 4 is 18.4 Å². The molecule has 0 aromatic heterocycles. The van der Waals surface area contributed by atoms with Crippen LogP contribution in [-0.4, -0.2) is 71.6 Å². The first-order valence-electron chi connectivity index (χ1n) is 14.4. The summed E-state index contributed by atoms with van der Waals surface area (Å²) >= 11 is 0. The van der Waals surface area contributed by atoms with Crippen LogP contribution in [0.25, 0.3) is 0 Å². The highest BCUT2D eigenvalue weighted by Crippen LogP contribution is 2.40. The van der Waals surface area contributed by atoms with Gasteiger partial charge in [0.15, 0.2) is 8.32 Å². The fraction of sp³-hybridized carbons (Fsp3) is 0.600. The first-order chi connectivity index (χ1) is 20.2. The summed E-state index contributed by atoms with van der Waals surface area (Å²) in [7, 11) is -8.08. The molecule has 2 heterocycles. The maximum atomic E-state index is 13.1. The molecule has 2 saturated heterocycles. The van der Waals surface area contributed by atoms with Crippen molar-refractivity contribution in [2.45, 2.75) is 101 Å². The third-order valence-electron chi connectivity index (χ3n) is 7.49. The first-order valence-corrected chi connectivity index (χ1v) is 19.2. The summed E-state index contributed by atoms with van der Waals surface area (Å²) in [5.41, 5.74) is -4.67. The van der Waals surface area contributed by atoms with E-state index in [0.717, 1.165) is 11.1 Å². The van der Waals surface area contributed by atoms with Crippen LogP contribution in [-0.2, 0) is 50.9 Å². The Kier molecular flexibility index (Phi) is 11.1. The van der Waals surface area contributed by atoms with E-state index >= 15 is 0 Å². The second kappa shape index (κ2) is 14.1. The Labute approximate surface area is 253 Å². The molecule has 4 rings (SSSR count). The molecule has 240 valence electrons. The molecule has 0 spiro atoms. The van der Waals surface area contributed by atoms with E-state index in [-0.39, 0.29) is 6.61 Å². The van der Waals surface area contributed by atoms with Gasteiger partial charge in [0.2, 0.25) is 0 Å². The number of benzene rings is 2. The van der Waals surface area contributed by atoms with Crippen molar-refractivity contribution in [3.63, 3.8) is 0 Å². The molecule has 0 amide bonds. The highest BCUT2D eigenvalue weighted by Gasteiger charge is 2.52. The summed E-state index contributed by atoms with van der Waals surface area (Å²) in [6, 6.07) is 19.4. The lowest BCUT2D eigenvalue weighted by Gasteiger charge is -2.42. The predicted molar refractivity (Wildman–Crippen MR) is 156 cm³/mol. The first kappa shape index (κ1) is 34.0. The van der Waals surface area contributed by atoms with Crippen molar-refractivity contribution < 1.29 is 49.1 Å². The van der Waals surface area contributed by atoms with Gasteiger partial charge in [-0.15, -0.1) is 0 Å². The smallest absolute Gasteiger partial charge is 0.410 e. The monoisotopic (exact) mass is 646 g/mol. The molecule has 0 unspecified atom stereocenters. The van der Waals surface area contributed by atoms with Gasteiger partial charge < -0.3 is 23.4 Å². The summed E-state index contributed by atoms with van der Waals surface area (Å²) in [5, 5.41) is 0. The maximum absolute atomic E-state index is 13.1. The maximum Gasteiger partial charge on any atom is 0.523 e. The van der Waals surface area contributed by atoms with E-state index in [4.69, 9.17) is 23.4 Å². The molecule has 13 heteroatoms. The van der Waals surface area contributed by atoms with Crippen LogP contribution >= 0.6 is 0 Å². The van der Waals surface area contributed by atoms with Crippen molar-refractivity contribution in [1.82, 2.24) is 0 Å². The minimum absolute atomic E-state index is 0.261. The lowest BCUT2D eigenvalue weighted by atomic mass is 9.91. The number of halogens is 3. The topological polar surface area (TPSA) is 89.5 Å². The van der Waals surface area contributed by atoms with E-state index in [1.807, 2.05) is 80.3 Å². The quantitative estimate of drug-likeness (QED) is 0.158. The van der Waals surface area contributed by atoms with E-state index in [1.165, 1.54) is 0 Å². The van der Waals surface area contributed by atoms with Gasteiger partial charge in [-0.1, -0.05) is 60.7 Å². The van der Waals surface area contributed by atoms with Crippen molar-refractivity contribution in [2.24, 2.45) is 0 Å². The van der Waals surface area contributed by atoms with Gasteiger partial charge in [0.05, 0.1) is 50.3 Å². The molecule has 0 aliphatic carbocycles. The fourth-order valence-corrected chi connectivity index (χ4v) is 7.56. The molecule has 2 aromatic carbocycles. The summed E-state index contributed by atoms with van der Waals surface area (Å²) in [6.07, 6.45) is -1.81. The Morgan fingerprint density at radius 1 is 0.907 bits per heavy atom. The average Bonchev–Trinajstić information content (AvgIpc) is 3.06. The molecule has 8 nitrogen and oxygen atoms in total. The highest BCUT2D eigenvalue weighted by molar-refractivity contribution is 7.87. The molecule has 0 saturated carbocycles. The SMILES string of the molecule is C[C@@]1(O[Si](C)(C)C)CC[C@@H]2O[C@H](COCc3ccccc3)[C@@H](OCc3ccccc3)C[C@H]2O[C@H]1COS(=O)(=O)C(F)(F)F. The molecule has 2 aromatic rings. The summed E-state index contributed by atoms with van der Waals surface area (Å²) < 4.78 is 99.1. The second-order valence-electron chi connectivity index (χ2n) is 12.2. The molecule has 0 bridgehead atoms. The van der Waals surface area contributed by atoms with Crippen molar-refractivity contribution in [3.05, 3.63) is 71.8 Å². The van der Waals surface area contributed by atoms with Gasteiger partial charge in [0.1, 0.15) is 12.2 Å². The van der Waals surface area contributed by atoms with Crippen molar-refractivity contribution in [2.75, 3.05) is 13.2 Å². The Balaban J connectivity index is 1.53. The van der Waals surface area contributed by atoms with E-state index in [9.17, 15) is 21.6 Å². The molecular weight excluding hydrogens is 605 g/mol. The lowest BCUT2D eigenvalue weighted by molar-refractivity contribution is -0.225. The van der Waals surface area contributed by atoms with Gasteiger partial charge >= 0.3 is 15.6 Å². The molecule has 6 atom stereocenters. The zero-order valence-electron chi connectivity index (χ0n) is 24.9. The number of hydrogen-bond acceptors (Lipinski definition) is 8. The largest absolute Gasteiger partial charge is 0.523 e. The summed E-state index contributed by atoms with van der Waals surface area (Å²) in [4.78, 5) is 0. The Morgan fingerprint density at radius 2 is 1.51 bits per heavy atom. The Bertz CT molecular complexity index is 1260. The lowest BCUT2D eigenvalue weighted by Crippen LogP contribution is -2.54. The number of fused-ring (bicyclic) bond motifs is 1. The molecule has 0 N–H and O–H groups in total. The standard InChI is InChI=1S/C30H41F3O8SSi/c1-29(41-43(2,3)4)16-15-24-26(40-28(29)21-38-42(34,35)30(31,32)33)17-25(37-19-23-13-9-6-10-14-23)27(39-24)20-36-18-22-11-7-5-8-12-22/h5-14,24-28H,15-21H2,1-4H3/t24-,25-,26+,27+,28-,29+/m0/s1. The van der Waals surface area contributed by atoms with Crippen LogP contribution in [0, 0.1) is 0 Å². The zero-order chi connectivity index (χ0) is 31.3. The second-order valence-corrected chi connectivity index (χ2v) is 18.2. The third-order valence-corrected chi connectivity index (χ3v) is 9.58. The van der Waals surface area contributed by atoms with Crippen molar-refractivity contribution in [1.29, 1.82) is 0 Å². The fourth-order valence-electron chi connectivity index (χ4n) is 5.49. The number of rotatable bonds is 12. The average molecular weight is 647 g/mol. The van der Waals surface area contributed by atoms with Gasteiger partial charge in [-0.25, -0.2) is 0 Å². The van der Waals surface area contributed by atoms with Gasteiger partial charge in [0.25, 0.3) is 0 Å². The molecule has 2 aliphatic rings. The molecular formula is C30H41F3O8SSi. The van der Waals surface area contributed by atoms with Crippen molar-refractivity contribution in [3.8, 4) is 0 Å². The van der Waals surface area contributed by atoms with Crippen LogP contribution in [0.2, 0.25) is 19.6 Å². The third kappa shape index (κ3) is 9.57. The molecule has 2 fully saturated rings. The summed E-state index contributed by atoms with van der Waals surface area (Å²) in [6.45, 7) is 7.71. The number of hydrogen-bond donors (Lipinski definition) is 0. The zero-order valence-corrected chi connectivity index (χ0v) is 26.7. The molecule has 0 radical (unpaired) electrons. The van der Waals surface area contributed by atoms with Crippen LogP contribution in [0.4, 0.5) is 13.2 Å². The predicted octanol–water partition coefficient (Wildman–Crippen LogP) is 5.97.